The Bertz CT molecular complexity index is 806. The summed E-state index contributed by atoms with van der Waals surface area (Å²) in [5.41, 5.74) is 8.94. The van der Waals surface area contributed by atoms with Crippen molar-refractivity contribution in [2.75, 3.05) is 18.4 Å². The smallest absolute Gasteiger partial charge is 0.223 e. The van der Waals surface area contributed by atoms with Gasteiger partial charge in [-0.15, -0.1) is 0 Å². The molecule has 0 aliphatic heterocycles. The molecule has 5 nitrogen and oxygen atoms in total. The topological polar surface area (TPSA) is 76.7 Å². The van der Waals surface area contributed by atoms with E-state index in [1.165, 1.54) is 12.1 Å². The number of nitrogens with zero attached hydrogens (tertiary/aromatic N) is 3. The van der Waals surface area contributed by atoms with Crippen molar-refractivity contribution in [2.24, 2.45) is 5.73 Å². The predicted molar refractivity (Wildman–Crippen MR) is 97.4 cm³/mol. The maximum absolute atomic E-state index is 13.2. The Balaban J connectivity index is 1.95. The van der Waals surface area contributed by atoms with Gasteiger partial charge in [0.2, 0.25) is 5.95 Å². The number of hydrogen-bond acceptors (Lipinski definition) is 5. The highest BCUT2D eigenvalue weighted by Crippen LogP contribution is 2.30. The SMILES string of the molecule is NCCCCNc1ncc(-c2ccc(F)cc2)c(-c2ccncc2)n1. The molecule has 2 heterocycles. The van der Waals surface area contributed by atoms with Crippen molar-refractivity contribution in [2.45, 2.75) is 12.8 Å². The molecule has 128 valence electrons. The second-order valence-electron chi connectivity index (χ2n) is 5.62. The third kappa shape index (κ3) is 4.36. The highest BCUT2D eigenvalue weighted by atomic mass is 19.1. The summed E-state index contributed by atoms with van der Waals surface area (Å²) in [6.07, 6.45) is 7.13. The minimum Gasteiger partial charge on any atom is -0.354 e. The Morgan fingerprint density at radius 2 is 1.72 bits per heavy atom. The Hall–Kier alpha value is -2.86. The third-order valence-corrected chi connectivity index (χ3v) is 3.81. The fourth-order valence-corrected chi connectivity index (χ4v) is 2.51. The number of aromatic nitrogens is 3. The molecule has 25 heavy (non-hydrogen) atoms. The van der Waals surface area contributed by atoms with Crippen LogP contribution >= 0.6 is 0 Å². The molecular weight excluding hydrogens is 317 g/mol. The highest BCUT2D eigenvalue weighted by Gasteiger charge is 2.11. The van der Waals surface area contributed by atoms with Gasteiger partial charge in [-0.2, -0.15) is 0 Å². The summed E-state index contributed by atoms with van der Waals surface area (Å²) in [6, 6.07) is 10.1. The van der Waals surface area contributed by atoms with Crippen LogP contribution in [-0.2, 0) is 0 Å². The Morgan fingerprint density at radius 1 is 0.960 bits per heavy atom. The molecule has 0 bridgehead atoms. The minimum atomic E-state index is -0.270. The summed E-state index contributed by atoms with van der Waals surface area (Å²) in [4.78, 5) is 13.1. The zero-order chi connectivity index (χ0) is 17.5. The van der Waals surface area contributed by atoms with Crippen LogP contribution in [0.2, 0.25) is 0 Å². The molecule has 0 aliphatic rings. The van der Waals surface area contributed by atoms with Gasteiger partial charge < -0.3 is 11.1 Å². The molecule has 3 aromatic rings. The van der Waals surface area contributed by atoms with Gasteiger partial charge in [-0.05, 0) is 49.2 Å². The highest BCUT2D eigenvalue weighted by molar-refractivity contribution is 5.80. The average Bonchev–Trinajstić information content (AvgIpc) is 2.67. The molecule has 0 fully saturated rings. The van der Waals surface area contributed by atoms with Gasteiger partial charge in [0.15, 0.2) is 0 Å². The second kappa shape index (κ2) is 8.30. The maximum atomic E-state index is 13.2. The van der Waals surface area contributed by atoms with Gasteiger partial charge in [0.25, 0.3) is 0 Å². The number of nitrogens with two attached hydrogens (primary N) is 1. The molecule has 0 unspecified atom stereocenters. The first-order valence-electron chi connectivity index (χ1n) is 8.25. The van der Waals surface area contributed by atoms with E-state index in [4.69, 9.17) is 5.73 Å². The second-order valence-corrected chi connectivity index (χ2v) is 5.62. The fourth-order valence-electron chi connectivity index (χ4n) is 2.51. The Labute approximate surface area is 146 Å². The van der Waals surface area contributed by atoms with E-state index in [0.29, 0.717) is 12.5 Å². The zero-order valence-electron chi connectivity index (χ0n) is 13.8. The summed E-state index contributed by atoms with van der Waals surface area (Å²) in [5.74, 6) is 0.294. The van der Waals surface area contributed by atoms with Crippen LogP contribution in [0.15, 0.2) is 55.0 Å². The van der Waals surface area contributed by atoms with Gasteiger partial charge in [0, 0.05) is 36.3 Å². The quantitative estimate of drug-likeness (QED) is 0.645. The molecule has 0 aliphatic carbocycles. The first-order valence-corrected chi connectivity index (χ1v) is 8.25. The summed E-state index contributed by atoms with van der Waals surface area (Å²) >= 11 is 0. The van der Waals surface area contributed by atoms with Crippen molar-refractivity contribution in [3.63, 3.8) is 0 Å². The maximum Gasteiger partial charge on any atom is 0.223 e. The number of pyridine rings is 1. The summed E-state index contributed by atoms with van der Waals surface area (Å²) < 4.78 is 13.2. The van der Waals surface area contributed by atoms with Crippen molar-refractivity contribution in [1.82, 2.24) is 15.0 Å². The lowest BCUT2D eigenvalue weighted by atomic mass is 10.0. The van der Waals surface area contributed by atoms with E-state index in [0.717, 1.165) is 41.8 Å². The predicted octanol–water partition coefficient (Wildman–Crippen LogP) is 3.50. The normalized spacial score (nSPS) is 10.6. The van der Waals surface area contributed by atoms with Crippen molar-refractivity contribution in [3.8, 4) is 22.4 Å². The summed E-state index contributed by atoms with van der Waals surface area (Å²) in [6.45, 7) is 1.44. The van der Waals surface area contributed by atoms with E-state index in [2.05, 4.69) is 20.3 Å². The van der Waals surface area contributed by atoms with Crippen LogP contribution in [0.25, 0.3) is 22.4 Å². The van der Waals surface area contributed by atoms with Gasteiger partial charge in [-0.3, -0.25) is 4.98 Å². The number of nitrogens with one attached hydrogen (secondary N) is 1. The summed E-state index contributed by atoms with van der Waals surface area (Å²) in [5, 5.41) is 3.22. The standard InChI is InChI=1S/C19H20FN5/c20-16-5-3-14(4-6-16)17-13-24-19(23-10-2-1-9-21)25-18(17)15-7-11-22-12-8-15/h3-8,11-13H,1-2,9-10,21H2,(H,23,24,25). The Morgan fingerprint density at radius 3 is 2.44 bits per heavy atom. The summed E-state index contributed by atoms with van der Waals surface area (Å²) in [7, 11) is 0. The van der Waals surface area contributed by atoms with Gasteiger partial charge in [0.1, 0.15) is 5.82 Å². The van der Waals surface area contributed by atoms with Gasteiger partial charge >= 0.3 is 0 Å². The molecule has 0 amide bonds. The largest absolute Gasteiger partial charge is 0.354 e. The van der Waals surface area contributed by atoms with E-state index in [1.807, 2.05) is 12.1 Å². The molecule has 0 saturated carbocycles. The number of rotatable bonds is 7. The molecular formula is C19H20FN5. The molecule has 1 aromatic carbocycles. The van der Waals surface area contributed by atoms with E-state index >= 15 is 0 Å². The molecule has 2 aromatic heterocycles. The number of hydrogen-bond donors (Lipinski definition) is 2. The molecule has 0 radical (unpaired) electrons. The lowest BCUT2D eigenvalue weighted by Crippen LogP contribution is -2.08. The Kier molecular flexibility index (Phi) is 5.64. The molecule has 0 saturated heterocycles. The number of benzene rings is 1. The van der Waals surface area contributed by atoms with Crippen LogP contribution < -0.4 is 11.1 Å². The van der Waals surface area contributed by atoms with Crippen LogP contribution in [0.3, 0.4) is 0 Å². The van der Waals surface area contributed by atoms with Crippen LogP contribution in [0.5, 0.6) is 0 Å². The molecule has 0 atom stereocenters. The lowest BCUT2D eigenvalue weighted by Gasteiger charge is -2.12. The van der Waals surface area contributed by atoms with Crippen molar-refractivity contribution in [3.05, 3.63) is 60.8 Å². The first kappa shape index (κ1) is 17.0. The number of halogens is 1. The number of anilines is 1. The van der Waals surface area contributed by atoms with Crippen molar-refractivity contribution >= 4 is 5.95 Å². The van der Waals surface area contributed by atoms with Crippen LogP contribution in [0, 0.1) is 5.82 Å². The molecule has 6 heteroatoms. The van der Waals surface area contributed by atoms with Gasteiger partial charge in [-0.1, -0.05) is 12.1 Å². The van der Waals surface area contributed by atoms with E-state index < -0.39 is 0 Å². The minimum absolute atomic E-state index is 0.270. The molecule has 0 spiro atoms. The molecule has 3 rings (SSSR count). The van der Waals surface area contributed by atoms with E-state index in [-0.39, 0.29) is 5.82 Å². The fraction of sp³-hybridized carbons (Fsp3) is 0.211. The lowest BCUT2D eigenvalue weighted by molar-refractivity contribution is 0.628. The van der Waals surface area contributed by atoms with Crippen LogP contribution in [-0.4, -0.2) is 28.0 Å². The van der Waals surface area contributed by atoms with Gasteiger partial charge in [0.05, 0.1) is 5.69 Å². The third-order valence-electron chi connectivity index (χ3n) is 3.81. The first-order chi connectivity index (χ1) is 12.3. The van der Waals surface area contributed by atoms with Crippen molar-refractivity contribution in [1.29, 1.82) is 0 Å². The van der Waals surface area contributed by atoms with Crippen molar-refractivity contribution < 1.29 is 4.39 Å². The van der Waals surface area contributed by atoms with Gasteiger partial charge in [-0.25, -0.2) is 14.4 Å². The van der Waals surface area contributed by atoms with E-state index in [1.54, 1.807) is 30.7 Å². The zero-order valence-corrected chi connectivity index (χ0v) is 13.8. The van der Waals surface area contributed by atoms with Crippen LogP contribution in [0.4, 0.5) is 10.3 Å². The van der Waals surface area contributed by atoms with E-state index in [9.17, 15) is 4.39 Å². The number of unbranched alkanes of at least 4 members (excludes halogenated alkanes) is 1. The average molecular weight is 337 g/mol. The monoisotopic (exact) mass is 337 g/mol. The van der Waals surface area contributed by atoms with Crippen LogP contribution in [0.1, 0.15) is 12.8 Å². The molecule has 3 N–H and O–H groups in total.